The Morgan fingerprint density at radius 1 is 1.25 bits per heavy atom. The fourth-order valence-corrected chi connectivity index (χ4v) is 3.22. The average Bonchev–Trinajstić information content (AvgIpc) is 3.18. The summed E-state index contributed by atoms with van der Waals surface area (Å²) in [4.78, 5) is 7.22. The molecule has 0 unspecified atom stereocenters. The summed E-state index contributed by atoms with van der Waals surface area (Å²) in [6.45, 7) is 9.81. The maximum Gasteiger partial charge on any atom is 0.194 e. The number of rotatable bonds is 5. The number of halogens is 1. The molecule has 1 N–H and O–H groups in total. The molecule has 0 aliphatic carbocycles. The van der Waals surface area contributed by atoms with Crippen LogP contribution in [-0.2, 0) is 20.1 Å². The van der Waals surface area contributed by atoms with Crippen molar-refractivity contribution in [1.82, 2.24) is 25.0 Å². The first-order valence-corrected chi connectivity index (χ1v) is 9.39. The Hall–Kier alpha value is -1.84. The normalized spacial score (nSPS) is 16.0. The number of benzene rings is 1. The van der Waals surface area contributed by atoms with Crippen molar-refractivity contribution < 1.29 is 4.74 Å². The van der Waals surface area contributed by atoms with Gasteiger partial charge in [-0.3, -0.25) is 0 Å². The number of aryl methyl sites for hydroxylation is 1. The minimum Gasteiger partial charge on any atom is -0.497 e. The molecule has 1 aromatic carbocycles. The number of ether oxygens (including phenoxy) is 1. The van der Waals surface area contributed by atoms with Gasteiger partial charge >= 0.3 is 0 Å². The zero-order valence-corrected chi connectivity index (χ0v) is 19.7. The van der Waals surface area contributed by atoms with Gasteiger partial charge in [0, 0.05) is 20.1 Å². The first-order valence-electron chi connectivity index (χ1n) is 9.39. The maximum absolute atomic E-state index is 5.23. The molecule has 28 heavy (non-hydrogen) atoms. The topological polar surface area (TPSA) is 67.6 Å². The number of hydrogen-bond donors (Lipinski definition) is 1. The minimum absolute atomic E-state index is 0. The Bertz CT molecular complexity index is 800. The van der Waals surface area contributed by atoms with Gasteiger partial charge in [0.05, 0.1) is 20.2 Å². The van der Waals surface area contributed by atoms with Crippen molar-refractivity contribution in [2.45, 2.75) is 40.3 Å². The van der Waals surface area contributed by atoms with Gasteiger partial charge in [-0.1, -0.05) is 26.0 Å². The van der Waals surface area contributed by atoms with E-state index < -0.39 is 0 Å². The van der Waals surface area contributed by atoms with Crippen molar-refractivity contribution in [3.8, 4) is 5.75 Å². The molecule has 7 nitrogen and oxygen atoms in total. The number of aromatic nitrogens is 3. The van der Waals surface area contributed by atoms with E-state index in [9.17, 15) is 0 Å². The van der Waals surface area contributed by atoms with Crippen molar-refractivity contribution in [3.05, 3.63) is 41.5 Å². The Labute approximate surface area is 184 Å². The SMILES string of the molecule is COc1ccc(CN=C(NCc2nnc(C)n2C)N2CCC(C)(C)C2)cc1.I. The third kappa shape index (κ3) is 5.59. The number of guanidine groups is 1. The highest BCUT2D eigenvalue weighted by Gasteiger charge is 2.31. The van der Waals surface area contributed by atoms with E-state index in [0.717, 1.165) is 42.0 Å². The molecule has 8 heteroatoms. The van der Waals surface area contributed by atoms with Crippen LogP contribution in [0.25, 0.3) is 0 Å². The Kier molecular flexibility index (Phi) is 7.68. The van der Waals surface area contributed by atoms with Crippen LogP contribution in [0.5, 0.6) is 5.75 Å². The van der Waals surface area contributed by atoms with Crippen LogP contribution in [0.2, 0.25) is 0 Å². The number of aliphatic imine (C=N–C) groups is 1. The van der Waals surface area contributed by atoms with Gasteiger partial charge < -0.3 is 19.5 Å². The summed E-state index contributed by atoms with van der Waals surface area (Å²) in [6.07, 6.45) is 1.17. The quantitative estimate of drug-likeness (QED) is 0.390. The van der Waals surface area contributed by atoms with Crippen LogP contribution in [-0.4, -0.2) is 45.8 Å². The van der Waals surface area contributed by atoms with Gasteiger partial charge in [-0.05, 0) is 36.5 Å². The van der Waals surface area contributed by atoms with E-state index in [2.05, 4.69) is 46.4 Å². The van der Waals surface area contributed by atoms with Crippen LogP contribution in [0.4, 0.5) is 0 Å². The first-order chi connectivity index (χ1) is 12.9. The second-order valence-corrected chi connectivity index (χ2v) is 7.90. The fraction of sp³-hybridized carbons (Fsp3) is 0.550. The Morgan fingerprint density at radius 2 is 1.96 bits per heavy atom. The zero-order chi connectivity index (χ0) is 19.4. The maximum atomic E-state index is 5.23. The smallest absolute Gasteiger partial charge is 0.194 e. The van der Waals surface area contributed by atoms with Crippen LogP contribution < -0.4 is 10.1 Å². The largest absolute Gasteiger partial charge is 0.497 e. The number of methoxy groups -OCH3 is 1. The van der Waals surface area contributed by atoms with Crippen molar-refractivity contribution in [3.63, 3.8) is 0 Å². The van der Waals surface area contributed by atoms with Crippen LogP contribution in [0, 0.1) is 12.3 Å². The molecule has 2 heterocycles. The minimum atomic E-state index is 0. The van der Waals surface area contributed by atoms with Gasteiger partial charge in [0.1, 0.15) is 11.6 Å². The van der Waals surface area contributed by atoms with Crippen LogP contribution in [0.1, 0.15) is 37.5 Å². The second kappa shape index (κ2) is 9.58. The summed E-state index contributed by atoms with van der Waals surface area (Å²) in [6, 6.07) is 8.05. The molecule has 1 aliphatic rings. The Balaban J connectivity index is 0.00000280. The summed E-state index contributed by atoms with van der Waals surface area (Å²) in [5, 5.41) is 11.9. The van der Waals surface area contributed by atoms with Gasteiger partial charge in [0.15, 0.2) is 11.8 Å². The van der Waals surface area contributed by atoms with E-state index in [4.69, 9.17) is 9.73 Å². The first kappa shape index (κ1) is 22.4. The molecular formula is C20H31IN6O. The van der Waals surface area contributed by atoms with Gasteiger partial charge in [-0.2, -0.15) is 0 Å². The van der Waals surface area contributed by atoms with Gasteiger partial charge in [-0.15, -0.1) is 34.2 Å². The standard InChI is InChI=1S/C20H30N6O.HI/c1-15-23-24-18(25(15)4)13-22-19(26-11-10-20(2,3)14-26)21-12-16-6-8-17(27-5)9-7-16;/h6-9H,10-14H2,1-5H3,(H,21,22);1H. The number of nitrogens with one attached hydrogen (secondary N) is 1. The molecule has 0 amide bonds. The highest BCUT2D eigenvalue weighted by Crippen LogP contribution is 2.28. The van der Waals surface area contributed by atoms with Crippen LogP contribution >= 0.6 is 24.0 Å². The lowest BCUT2D eigenvalue weighted by Gasteiger charge is -2.24. The summed E-state index contributed by atoms with van der Waals surface area (Å²) >= 11 is 0. The van der Waals surface area contributed by atoms with E-state index in [1.54, 1.807) is 7.11 Å². The van der Waals surface area contributed by atoms with E-state index in [1.807, 2.05) is 30.7 Å². The lowest BCUT2D eigenvalue weighted by molar-refractivity contribution is 0.369. The predicted molar refractivity (Wildman–Crippen MR) is 122 cm³/mol. The predicted octanol–water partition coefficient (Wildman–Crippen LogP) is 3.13. The van der Waals surface area contributed by atoms with Gasteiger partial charge in [0.2, 0.25) is 0 Å². The molecule has 1 aliphatic heterocycles. The van der Waals surface area contributed by atoms with E-state index in [-0.39, 0.29) is 24.0 Å². The molecular weight excluding hydrogens is 467 g/mol. The molecule has 0 bridgehead atoms. The van der Waals surface area contributed by atoms with Crippen molar-refractivity contribution in [1.29, 1.82) is 0 Å². The van der Waals surface area contributed by atoms with Gasteiger partial charge in [-0.25, -0.2) is 4.99 Å². The molecule has 3 rings (SSSR count). The highest BCUT2D eigenvalue weighted by molar-refractivity contribution is 14.0. The Morgan fingerprint density at radius 3 is 2.50 bits per heavy atom. The number of hydrogen-bond acceptors (Lipinski definition) is 4. The molecule has 0 atom stereocenters. The van der Waals surface area contributed by atoms with E-state index in [1.165, 1.54) is 6.42 Å². The summed E-state index contributed by atoms with van der Waals surface area (Å²) in [5.74, 6) is 3.60. The molecule has 0 saturated carbocycles. The summed E-state index contributed by atoms with van der Waals surface area (Å²) in [7, 11) is 3.66. The highest BCUT2D eigenvalue weighted by atomic mass is 127. The van der Waals surface area contributed by atoms with Crippen LogP contribution in [0.3, 0.4) is 0 Å². The molecule has 0 spiro atoms. The van der Waals surface area contributed by atoms with Crippen molar-refractivity contribution in [2.24, 2.45) is 17.5 Å². The fourth-order valence-electron chi connectivity index (χ4n) is 3.22. The van der Waals surface area contributed by atoms with E-state index >= 15 is 0 Å². The van der Waals surface area contributed by atoms with Crippen molar-refractivity contribution in [2.75, 3.05) is 20.2 Å². The molecule has 1 fully saturated rings. The van der Waals surface area contributed by atoms with Crippen LogP contribution in [0.15, 0.2) is 29.3 Å². The lowest BCUT2D eigenvalue weighted by Crippen LogP contribution is -2.41. The number of nitrogens with zero attached hydrogens (tertiary/aromatic N) is 5. The van der Waals surface area contributed by atoms with E-state index in [0.29, 0.717) is 18.5 Å². The van der Waals surface area contributed by atoms with Crippen molar-refractivity contribution >= 4 is 29.9 Å². The molecule has 0 radical (unpaired) electrons. The van der Waals surface area contributed by atoms with Gasteiger partial charge in [0.25, 0.3) is 0 Å². The summed E-state index contributed by atoms with van der Waals surface area (Å²) in [5.41, 5.74) is 1.47. The zero-order valence-electron chi connectivity index (χ0n) is 17.4. The molecule has 154 valence electrons. The molecule has 1 aromatic heterocycles. The average molecular weight is 498 g/mol. The number of likely N-dealkylation sites (tertiary alicyclic amines) is 1. The lowest BCUT2D eigenvalue weighted by atomic mass is 9.93. The third-order valence-electron chi connectivity index (χ3n) is 5.13. The second-order valence-electron chi connectivity index (χ2n) is 7.90. The third-order valence-corrected chi connectivity index (χ3v) is 5.13. The monoisotopic (exact) mass is 498 g/mol. The molecule has 1 saturated heterocycles. The molecule has 2 aromatic rings. The summed E-state index contributed by atoms with van der Waals surface area (Å²) < 4.78 is 7.23.